The molecule has 0 atom stereocenters. The van der Waals surface area contributed by atoms with Crippen LogP contribution in [0.4, 0.5) is 5.69 Å². The number of Topliss-reactive ketones (excluding diaryl/α,β-unsaturated/α-hetero) is 1. The molecule has 1 amide bonds. The van der Waals surface area contributed by atoms with Gasteiger partial charge in [0.2, 0.25) is 0 Å². The third-order valence-corrected chi connectivity index (χ3v) is 1.93. The Morgan fingerprint density at radius 2 is 2.00 bits per heavy atom. The summed E-state index contributed by atoms with van der Waals surface area (Å²) in [5, 5.41) is 14.4. The Bertz CT molecular complexity index is 451. The highest BCUT2D eigenvalue weighted by Crippen LogP contribution is 2.23. The van der Waals surface area contributed by atoms with Crippen LogP contribution in [0.1, 0.15) is 16.8 Å². The summed E-state index contributed by atoms with van der Waals surface area (Å²) in [7, 11) is 0. The predicted molar refractivity (Wildman–Crippen MR) is 46.1 cm³/mol. The standard InChI is InChI=1S/C9H6N2O3/c12-8-5-9(13)11(14)10-7-4-2-1-3-6(7)8/h1-4H,5H2. The second-order valence-corrected chi connectivity index (χ2v) is 2.88. The van der Waals surface area contributed by atoms with Gasteiger partial charge >= 0.3 is 5.91 Å². The van der Waals surface area contributed by atoms with Crippen LogP contribution in [0.3, 0.4) is 0 Å². The molecule has 1 heterocycles. The zero-order valence-electron chi connectivity index (χ0n) is 7.14. The zero-order chi connectivity index (χ0) is 10.1. The molecule has 0 saturated carbocycles. The molecule has 0 fully saturated rings. The van der Waals surface area contributed by atoms with Crippen molar-refractivity contribution in [2.45, 2.75) is 6.42 Å². The highest BCUT2D eigenvalue weighted by atomic mass is 16.5. The number of hydrogen-bond donors (Lipinski definition) is 0. The van der Waals surface area contributed by atoms with Crippen LogP contribution in [0.2, 0.25) is 0 Å². The van der Waals surface area contributed by atoms with E-state index in [1.807, 2.05) is 0 Å². The highest BCUT2D eigenvalue weighted by molar-refractivity contribution is 6.08. The van der Waals surface area contributed by atoms with Crippen LogP contribution in [-0.2, 0) is 4.79 Å². The molecule has 1 aliphatic rings. The molecular weight excluding hydrogens is 184 g/mol. The number of hydrogen-bond acceptors (Lipinski definition) is 4. The van der Waals surface area contributed by atoms with Gasteiger partial charge in [0.25, 0.3) is 0 Å². The van der Waals surface area contributed by atoms with E-state index in [1.165, 1.54) is 6.07 Å². The first-order valence-electron chi connectivity index (χ1n) is 4.02. The van der Waals surface area contributed by atoms with Crippen molar-refractivity contribution in [3.8, 4) is 0 Å². The molecule has 0 saturated heterocycles. The number of fused-ring (bicyclic) bond motifs is 1. The summed E-state index contributed by atoms with van der Waals surface area (Å²) in [4.78, 5) is 22.4. The fourth-order valence-electron chi connectivity index (χ4n) is 1.25. The molecule has 1 aromatic rings. The van der Waals surface area contributed by atoms with E-state index in [4.69, 9.17) is 0 Å². The highest BCUT2D eigenvalue weighted by Gasteiger charge is 2.26. The molecule has 1 aliphatic heterocycles. The molecule has 0 aliphatic carbocycles. The van der Waals surface area contributed by atoms with E-state index in [9.17, 15) is 14.8 Å². The summed E-state index contributed by atoms with van der Waals surface area (Å²) in [5.74, 6) is -1.20. The summed E-state index contributed by atoms with van der Waals surface area (Å²) in [6.07, 6.45) is -0.413. The van der Waals surface area contributed by atoms with Gasteiger partial charge in [0.15, 0.2) is 5.78 Å². The maximum atomic E-state index is 11.4. The predicted octanol–water partition coefficient (Wildman–Crippen LogP) is 1.39. The lowest BCUT2D eigenvalue weighted by atomic mass is 10.1. The van der Waals surface area contributed by atoms with Crippen LogP contribution >= 0.6 is 0 Å². The van der Waals surface area contributed by atoms with Crippen molar-refractivity contribution in [1.29, 1.82) is 0 Å². The quantitative estimate of drug-likeness (QED) is 0.352. The Balaban J connectivity index is 2.62. The van der Waals surface area contributed by atoms with E-state index in [-0.39, 0.29) is 16.3 Å². The Kier molecular flexibility index (Phi) is 1.85. The first-order chi connectivity index (χ1) is 6.68. The van der Waals surface area contributed by atoms with E-state index < -0.39 is 12.3 Å². The molecule has 70 valence electrons. The second kappa shape index (κ2) is 3.02. The normalized spacial score (nSPS) is 15.9. The Hall–Kier alpha value is -2.04. The number of carbonyl (C=O) groups excluding carboxylic acids is 2. The monoisotopic (exact) mass is 190 g/mol. The Morgan fingerprint density at radius 1 is 1.29 bits per heavy atom. The summed E-state index contributed by atoms with van der Waals surface area (Å²) in [6, 6.07) is 6.39. The Morgan fingerprint density at radius 3 is 2.79 bits per heavy atom. The smallest absolute Gasteiger partial charge is 0.431 e. The van der Waals surface area contributed by atoms with Crippen molar-refractivity contribution < 1.29 is 14.4 Å². The molecule has 1 aromatic carbocycles. The third-order valence-electron chi connectivity index (χ3n) is 1.93. The maximum Gasteiger partial charge on any atom is 0.431 e. The second-order valence-electron chi connectivity index (χ2n) is 2.88. The van der Waals surface area contributed by atoms with Gasteiger partial charge in [0.1, 0.15) is 12.1 Å². The SMILES string of the molecule is O=C1CC(=O)[N+]([O-])=Nc2ccccc21. The van der Waals surface area contributed by atoms with Gasteiger partial charge in [0.05, 0.1) is 5.56 Å². The van der Waals surface area contributed by atoms with Gasteiger partial charge in [-0.3, -0.25) is 4.79 Å². The molecule has 0 unspecified atom stereocenters. The van der Waals surface area contributed by atoms with Crippen molar-refractivity contribution >= 4 is 17.4 Å². The number of carbonyl (C=O) groups is 2. The largest absolute Gasteiger partial charge is 0.592 e. The van der Waals surface area contributed by atoms with E-state index in [0.717, 1.165) is 0 Å². The minimum Gasteiger partial charge on any atom is -0.592 e. The molecular formula is C9H6N2O3. The number of amides is 1. The van der Waals surface area contributed by atoms with Crippen molar-refractivity contribution in [3.05, 3.63) is 35.0 Å². The average Bonchev–Trinajstić information content (AvgIpc) is 2.27. The number of hydroxylamine groups is 1. The number of benzene rings is 1. The summed E-state index contributed by atoms with van der Waals surface area (Å²) in [5.41, 5.74) is 0.567. The van der Waals surface area contributed by atoms with E-state index in [1.54, 1.807) is 18.2 Å². The maximum absolute atomic E-state index is 11.4. The van der Waals surface area contributed by atoms with Gasteiger partial charge in [0, 0.05) is 5.11 Å². The third kappa shape index (κ3) is 1.28. The molecule has 0 spiro atoms. The average molecular weight is 190 g/mol. The molecule has 14 heavy (non-hydrogen) atoms. The molecule has 0 N–H and O–H groups in total. The van der Waals surface area contributed by atoms with Gasteiger partial charge in [-0.15, -0.1) is 0 Å². The zero-order valence-corrected chi connectivity index (χ0v) is 7.14. The molecule has 0 bridgehead atoms. The van der Waals surface area contributed by atoms with E-state index >= 15 is 0 Å². The van der Waals surface area contributed by atoms with Crippen LogP contribution in [0.25, 0.3) is 0 Å². The van der Waals surface area contributed by atoms with Crippen LogP contribution < -0.4 is 0 Å². The molecule has 2 rings (SSSR count). The minimum atomic E-state index is -0.828. The van der Waals surface area contributed by atoms with Crippen molar-refractivity contribution in [2.75, 3.05) is 0 Å². The molecule has 0 radical (unpaired) electrons. The van der Waals surface area contributed by atoms with Crippen molar-refractivity contribution in [3.63, 3.8) is 0 Å². The number of ketones is 1. The summed E-state index contributed by atoms with van der Waals surface area (Å²) < 4.78 is 0. The van der Waals surface area contributed by atoms with Gasteiger partial charge in [-0.05, 0) is 17.0 Å². The van der Waals surface area contributed by atoms with Gasteiger partial charge in [-0.2, -0.15) is 0 Å². The lowest BCUT2D eigenvalue weighted by molar-refractivity contribution is -0.443. The fourth-order valence-corrected chi connectivity index (χ4v) is 1.25. The van der Waals surface area contributed by atoms with Crippen LogP contribution in [-0.4, -0.2) is 16.6 Å². The van der Waals surface area contributed by atoms with Crippen LogP contribution in [0, 0.1) is 5.21 Å². The molecule has 5 heteroatoms. The van der Waals surface area contributed by atoms with Crippen molar-refractivity contribution in [1.82, 2.24) is 0 Å². The minimum absolute atomic E-state index is 0.0380. The van der Waals surface area contributed by atoms with Crippen LogP contribution in [0.15, 0.2) is 29.4 Å². The van der Waals surface area contributed by atoms with Gasteiger partial charge in [-0.25, -0.2) is 4.79 Å². The number of rotatable bonds is 0. The van der Waals surface area contributed by atoms with E-state index in [2.05, 4.69) is 5.11 Å². The molecule has 5 nitrogen and oxygen atoms in total. The number of nitrogens with zero attached hydrogens (tertiary/aromatic N) is 2. The summed E-state index contributed by atoms with van der Waals surface area (Å²) in [6.45, 7) is 0. The number of azo groups is 1. The van der Waals surface area contributed by atoms with Crippen LogP contribution in [0.5, 0.6) is 0 Å². The summed E-state index contributed by atoms with van der Waals surface area (Å²) >= 11 is 0. The van der Waals surface area contributed by atoms with Gasteiger partial charge in [-0.1, -0.05) is 12.1 Å². The first kappa shape index (κ1) is 8.55. The lowest BCUT2D eigenvalue weighted by Gasteiger charge is -1.94. The molecule has 0 aromatic heterocycles. The van der Waals surface area contributed by atoms with Crippen molar-refractivity contribution in [2.24, 2.45) is 5.11 Å². The topological polar surface area (TPSA) is 72.6 Å². The fraction of sp³-hybridized carbons (Fsp3) is 0.111. The van der Waals surface area contributed by atoms with Gasteiger partial charge < -0.3 is 5.21 Å². The van der Waals surface area contributed by atoms with E-state index in [0.29, 0.717) is 5.56 Å². The lowest BCUT2D eigenvalue weighted by Crippen LogP contribution is -2.14. The Labute approximate surface area is 79.2 Å². The first-order valence-corrected chi connectivity index (χ1v) is 4.02.